The summed E-state index contributed by atoms with van der Waals surface area (Å²) < 4.78 is 6.71. The summed E-state index contributed by atoms with van der Waals surface area (Å²) in [5.41, 5.74) is 7.34. The molecule has 19 heavy (non-hydrogen) atoms. The highest BCUT2D eigenvalue weighted by Crippen LogP contribution is 2.30. The Morgan fingerprint density at radius 3 is 2.63 bits per heavy atom. The summed E-state index contributed by atoms with van der Waals surface area (Å²) in [5.74, 6) is 1.32. The third-order valence-electron chi connectivity index (χ3n) is 2.56. The number of nitrogens with two attached hydrogens (primary N) is 1. The Bertz CT molecular complexity index is 645. The molecule has 0 aromatic heterocycles. The number of thiocarbonyl (C=S) groups is 1. The zero-order valence-corrected chi connectivity index (χ0v) is 13.3. The Morgan fingerprint density at radius 2 is 2.00 bits per heavy atom. The molecule has 5 heteroatoms. The van der Waals surface area contributed by atoms with Gasteiger partial charge in [-0.1, -0.05) is 39.7 Å². The lowest BCUT2D eigenvalue weighted by Gasteiger charge is -2.11. The van der Waals surface area contributed by atoms with Crippen molar-refractivity contribution in [2.24, 2.45) is 5.73 Å². The number of halogens is 2. The van der Waals surface area contributed by atoms with Crippen molar-refractivity contribution < 1.29 is 4.74 Å². The van der Waals surface area contributed by atoms with Crippen LogP contribution >= 0.6 is 39.7 Å². The molecule has 0 atom stereocenters. The Hall–Kier alpha value is -1.10. The standard InChI is InChI=1S/C14H11BrClNOS/c1-8-6-10(3-4-12(8)16)18-13-5-2-9(15)7-11(13)14(17)19/h2-7H,1H3,(H2,17,19). The van der Waals surface area contributed by atoms with Gasteiger partial charge in [0, 0.05) is 9.50 Å². The van der Waals surface area contributed by atoms with Crippen molar-refractivity contribution in [3.63, 3.8) is 0 Å². The van der Waals surface area contributed by atoms with Gasteiger partial charge in [-0.05, 0) is 48.9 Å². The summed E-state index contributed by atoms with van der Waals surface area (Å²) in [7, 11) is 0. The Balaban J connectivity index is 2.37. The van der Waals surface area contributed by atoms with E-state index in [9.17, 15) is 0 Å². The van der Waals surface area contributed by atoms with Crippen LogP contribution in [0.1, 0.15) is 11.1 Å². The van der Waals surface area contributed by atoms with E-state index in [-0.39, 0.29) is 0 Å². The van der Waals surface area contributed by atoms with Gasteiger partial charge in [0.1, 0.15) is 16.5 Å². The number of ether oxygens (including phenoxy) is 1. The van der Waals surface area contributed by atoms with Crippen molar-refractivity contribution in [2.75, 3.05) is 0 Å². The van der Waals surface area contributed by atoms with Crippen LogP contribution in [0, 0.1) is 6.92 Å². The minimum absolute atomic E-state index is 0.294. The van der Waals surface area contributed by atoms with Crippen LogP contribution in [0.2, 0.25) is 5.02 Å². The zero-order valence-electron chi connectivity index (χ0n) is 10.1. The van der Waals surface area contributed by atoms with Crippen LogP contribution in [0.25, 0.3) is 0 Å². The van der Waals surface area contributed by atoms with Gasteiger partial charge in [0.25, 0.3) is 0 Å². The van der Waals surface area contributed by atoms with E-state index in [0.29, 0.717) is 27.1 Å². The lowest BCUT2D eigenvalue weighted by molar-refractivity contribution is 0.481. The molecule has 0 aliphatic heterocycles. The molecule has 0 saturated heterocycles. The number of rotatable bonds is 3. The van der Waals surface area contributed by atoms with Gasteiger partial charge in [0.15, 0.2) is 0 Å². The average molecular weight is 357 g/mol. The van der Waals surface area contributed by atoms with Crippen LogP contribution in [0.15, 0.2) is 40.9 Å². The van der Waals surface area contributed by atoms with Crippen LogP contribution in [0.5, 0.6) is 11.5 Å². The fourth-order valence-corrected chi connectivity index (χ4v) is 2.23. The maximum Gasteiger partial charge on any atom is 0.137 e. The van der Waals surface area contributed by atoms with Crippen LogP contribution in [0.4, 0.5) is 0 Å². The van der Waals surface area contributed by atoms with Crippen molar-refractivity contribution >= 4 is 44.7 Å². The van der Waals surface area contributed by atoms with Gasteiger partial charge in [0.05, 0.1) is 5.56 Å². The highest BCUT2D eigenvalue weighted by Gasteiger charge is 2.09. The molecule has 2 nitrogen and oxygen atoms in total. The molecular weight excluding hydrogens is 346 g/mol. The normalized spacial score (nSPS) is 10.3. The zero-order chi connectivity index (χ0) is 14.0. The molecule has 2 N–H and O–H groups in total. The molecule has 2 aromatic rings. The van der Waals surface area contributed by atoms with Crippen molar-refractivity contribution in [3.8, 4) is 11.5 Å². The van der Waals surface area contributed by atoms with Gasteiger partial charge in [-0.15, -0.1) is 0 Å². The molecule has 98 valence electrons. The SMILES string of the molecule is Cc1cc(Oc2ccc(Br)cc2C(N)=S)ccc1Cl. The van der Waals surface area contributed by atoms with Gasteiger partial charge in [0.2, 0.25) is 0 Å². The number of aryl methyl sites for hydroxylation is 1. The van der Waals surface area contributed by atoms with Gasteiger partial charge >= 0.3 is 0 Å². The highest BCUT2D eigenvalue weighted by atomic mass is 79.9. The molecule has 0 aliphatic carbocycles. The molecule has 0 fully saturated rings. The predicted octanol–water partition coefficient (Wildman–Crippen LogP) is 4.84. The van der Waals surface area contributed by atoms with Crippen LogP contribution in [-0.4, -0.2) is 4.99 Å². The predicted molar refractivity (Wildman–Crippen MR) is 86.3 cm³/mol. The summed E-state index contributed by atoms with van der Waals surface area (Å²) in [6, 6.07) is 11.0. The lowest BCUT2D eigenvalue weighted by Crippen LogP contribution is -2.10. The van der Waals surface area contributed by atoms with E-state index < -0.39 is 0 Å². The van der Waals surface area contributed by atoms with Gasteiger partial charge < -0.3 is 10.5 Å². The molecule has 0 amide bonds. The highest BCUT2D eigenvalue weighted by molar-refractivity contribution is 9.10. The van der Waals surface area contributed by atoms with Gasteiger partial charge in [-0.25, -0.2) is 0 Å². The van der Waals surface area contributed by atoms with Crippen LogP contribution in [-0.2, 0) is 0 Å². The van der Waals surface area contributed by atoms with Gasteiger partial charge in [-0.3, -0.25) is 0 Å². The first-order valence-electron chi connectivity index (χ1n) is 5.51. The molecule has 0 saturated carbocycles. The molecule has 0 aliphatic rings. The maximum absolute atomic E-state index is 5.98. The second-order valence-corrected chi connectivity index (χ2v) is 5.78. The summed E-state index contributed by atoms with van der Waals surface area (Å²) in [6.07, 6.45) is 0. The molecule has 0 radical (unpaired) electrons. The third-order valence-corrected chi connectivity index (χ3v) is 3.70. The van der Waals surface area contributed by atoms with E-state index in [1.54, 1.807) is 12.1 Å². The quantitative estimate of drug-likeness (QED) is 0.799. The average Bonchev–Trinajstić information content (AvgIpc) is 2.36. The smallest absolute Gasteiger partial charge is 0.137 e. The molecule has 2 aromatic carbocycles. The minimum atomic E-state index is 0.294. The van der Waals surface area contributed by atoms with Crippen molar-refractivity contribution in [1.29, 1.82) is 0 Å². The van der Waals surface area contributed by atoms with E-state index in [1.165, 1.54) is 0 Å². The first kappa shape index (κ1) is 14.3. The number of hydrogen-bond acceptors (Lipinski definition) is 2. The fourth-order valence-electron chi connectivity index (χ4n) is 1.59. The molecule has 2 rings (SSSR count). The Kier molecular flexibility index (Phi) is 4.45. The van der Waals surface area contributed by atoms with E-state index in [4.69, 9.17) is 34.3 Å². The lowest BCUT2D eigenvalue weighted by atomic mass is 10.2. The second kappa shape index (κ2) is 5.90. The second-order valence-electron chi connectivity index (χ2n) is 4.02. The van der Waals surface area contributed by atoms with Crippen molar-refractivity contribution in [2.45, 2.75) is 6.92 Å². The molecule has 0 unspecified atom stereocenters. The molecule has 0 heterocycles. The van der Waals surface area contributed by atoms with Crippen LogP contribution in [0.3, 0.4) is 0 Å². The Morgan fingerprint density at radius 1 is 1.26 bits per heavy atom. The van der Waals surface area contributed by atoms with E-state index >= 15 is 0 Å². The summed E-state index contributed by atoms with van der Waals surface area (Å²) in [4.78, 5) is 0.294. The number of benzene rings is 2. The topological polar surface area (TPSA) is 35.2 Å². The monoisotopic (exact) mass is 355 g/mol. The fraction of sp³-hybridized carbons (Fsp3) is 0.0714. The van der Waals surface area contributed by atoms with Crippen LogP contribution < -0.4 is 10.5 Å². The summed E-state index contributed by atoms with van der Waals surface area (Å²) in [5, 5.41) is 0.706. The Labute approximate surface area is 130 Å². The van der Waals surface area contributed by atoms with Gasteiger partial charge in [-0.2, -0.15) is 0 Å². The summed E-state index contributed by atoms with van der Waals surface area (Å²) in [6.45, 7) is 1.92. The van der Waals surface area contributed by atoms with Crippen molar-refractivity contribution in [3.05, 3.63) is 57.0 Å². The van der Waals surface area contributed by atoms with E-state index in [1.807, 2.05) is 31.2 Å². The van der Waals surface area contributed by atoms with Crippen molar-refractivity contribution in [1.82, 2.24) is 0 Å². The third kappa shape index (κ3) is 3.47. The maximum atomic E-state index is 5.98. The molecule has 0 spiro atoms. The first-order valence-corrected chi connectivity index (χ1v) is 7.08. The first-order chi connectivity index (χ1) is 8.97. The summed E-state index contributed by atoms with van der Waals surface area (Å²) >= 11 is 14.4. The largest absolute Gasteiger partial charge is 0.457 e. The van der Waals surface area contributed by atoms with E-state index in [0.717, 1.165) is 10.0 Å². The van der Waals surface area contributed by atoms with E-state index in [2.05, 4.69) is 15.9 Å². The molecule has 0 bridgehead atoms. The minimum Gasteiger partial charge on any atom is -0.457 e. The number of hydrogen-bond donors (Lipinski definition) is 1. The molecular formula is C14H11BrClNOS.